The predicted octanol–water partition coefficient (Wildman–Crippen LogP) is 5.19. The lowest BCUT2D eigenvalue weighted by Crippen LogP contribution is -2.29. The molecule has 1 aromatic heterocycles. The second kappa shape index (κ2) is 10.8. The number of nitrogens with one attached hydrogen (secondary N) is 1. The fraction of sp³-hybridized carbons (Fsp3) is 0.500. The van der Waals surface area contributed by atoms with Crippen molar-refractivity contribution >= 4 is 46.5 Å². The number of hydrogen-bond donors (Lipinski definition) is 1. The Labute approximate surface area is 167 Å². The van der Waals surface area contributed by atoms with E-state index in [0.29, 0.717) is 0 Å². The molecular formula is C18H25N3O2S3. The molecule has 0 bridgehead atoms. The zero-order chi connectivity index (χ0) is 18.9. The quantitative estimate of drug-likeness (QED) is 0.428. The average molecular weight is 412 g/mol. The molecule has 1 unspecified atom stereocenters. The molecule has 1 amide bonds. The van der Waals surface area contributed by atoms with Gasteiger partial charge in [-0.3, -0.25) is 4.79 Å². The standard InChI is InChI=1S/C18H25N3O2S3/c1-5-6-11-24-17-20-21-18(26-17)25-15(12(2)3)16(22)19-13-7-9-14(23-4)10-8-13/h7-10,12,15H,5-6,11H2,1-4H3,(H,19,22). The molecule has 8 heteroatoms. The van der Waals surface area contributed by atoms with E-state index in [4.69, 9.17) is 4.74 Å². The molecule has 1 heterocycles. The number of ether oxygens (including phenoxy) is 1. The first-order chi connectivity index (χ1) is 12.5. The normalized spacial score (nSPS) is 12.2. The van der Waals surface area contributed by atoms with E-state index < -0.39 is 0 Å². The Morgan fingerprint density at radius 2 is 1.92 bits per heavy atom. The van der Waals surface area contributed by atoms with E-state index in [1.54, 1.807) is 30.2 Å². The van der Waals surface area contributed by atoms with Gasteiger partial charge in [0.1, 0.15) is 5.75 Å². The van der Waals surface area contributed by atoms with Crippen molar-refractivity contribution in [2.75, 3.05) is 18.2 Å². The van der Waals surface area contributed by atoms with E-state index in [9.17, 15) is 4.79 Å². The lowest BCUT2D eigenvalue weighted by atomic mass is 10.1. The second-order valence-corrected chi connectivity index (χ2v) is 9.74. The zero-order valence-corrected chi connectivity index (χ0v) is 18.0. The largest absolute Gasteiger partial charge is 0.497 e. The number of methoxy groups -OCH3 is 1. The number of anilines is 1. The molecule has 5 nitrogen and oxygen atoms in total. The van der Waals surface area contributed by atoms with Gasteiger partial charge in [0.2, 0.25) is 5.91 Å². The van der Waals surface area contributed by atoms with Gasteiger partial charge in [0.25, 0.3) is 0 Å². The van der Waals surface area contributed by atoms with Crippen LogP contribution in [0.1, 0.15) is 33.6 Å². The molecule has 0 saturated carbocycles. The fourth-order valence-corrected chi connectivity index (χ4v) is 5.48. The van der Waals surface area contributed by atoms with E-state index in [0.717, 1.165) is 25.9 Å². The zero-order valence-electron chi connectivity index (χ0n) is 15.5. The Morgan fingerprint density at radius 3 is 2.54 bits per heavy atom. The van der Waals surface area contributed by atoms with Crippen LogP contribution in [0.25, 0.3) is 0 Å². The number of carbonyl (C=O) groups is 1. The molecule has 26 heavy (non-hydrogen) atoms. The predicted molar refractivity (Wildman–Crippen MR) is 112 cm³/mol. The summed E-state index contributed by atoms with van der Waals surface area (Å²) in [5.41, 5.74) is 0.759. The van der Waals surface area contributed by atoms with Crippen molar-refractivity contribution in [1.82, 2.24) is 10.2 Å². The smallest absolute Gasteiger partial charge is 0.238 e. The van der Waals surface area contributed by atoms with Gasteiger partial charge in [-0.1, -0.05) is 62.1 Å². The summed E-state index contributed by atoms with van der Waals surface area (Å²) in [6.07, 6.45) is 2.35. The highest BCUT2D eigenvalue weighted by atomic mass is 32.2. The Kier molecular flexibility index (Phi) is 8.74. The molecule has 142 valence electrons. The summed E-state index contributed by atoms with van der Waals surface area (Å²) in [4.78, 5) is 12.7. The van der Waals surface area contributed by atoms with Crippen molar-refractivity contribution in [3.63, 3.8) is 0 Å². The number of nitrogens with zero attached hydrogens (tertiary/aromatic N) is 2. The number of aromatic nitrogens is 2. The second-order valence-electron chi connectivity index (χ2n) is 6.04. The van der Waals surface area contributed by atoms with Crippen LogP contribution in [0.4, 0.5) is 5.69 Å². The van der Waals surface area contributed by atoms with Gasteiger partial charge in [0.15, 0.2) is 8.68 Å². The molecule has 1 N–H and O–H groups in total. The molecule has 0 fully saturated rings. The van der Waals surface area contributed by atoms with Crippen LogP contribution in [0.3, 0.4) is 0 Å². The molecule has 0 aliphatic carbocycles. The van der Waals surface area contributed by atoms with Crippen molar-refractivity contribution in [2.45, 2.75) is 47.5 Å². The summed E-state index contributed by atoms with van der Waals surface area (Å²) < 4.78 is 6.96. The number of thioether (sulfide) groups is 2. The SMILES string of the molecule is CCCCSc1nnc(SC(C(=O)Nc2ccc(OC)cc2)C(C)C)s1. The topological polar surface area (TPSA) is 64.1 Å². The van der Waals surface area contributed by atoms with Crippen LogP contribution in [-0.2, 0) is 4.79 Å². The molecule has 0 spiro atoms. The minimum atomic E-state index is -0.224. The molecule has 0 aliphatic heterocycles. The third-order valence-electron chi connectivity index (χ3n) is 3.56. The van der Waals surface area contributed by atoms with Crippen LogP contribution in [-0.4, -0.2) is 34.2 Å². The van der Waals surface area contributed by atoms with E-state index in [-0.39, 0.29) is 17.1 Å². The monoisotopic (exact) mass is 411 g/mol. The number of carbonyl (C=O) groups excluding carboxylic acids is 1. The number of amides is 1. The van der Waals surface area contributed by atoms with E-state index >= 15 is 0 Å². The van der Waals surface area contributed by atoms with Crippen LogP contribution < -0.4 is 10.1 Å². The maximum absolute atomic E-state index is 12.7. The van der Waals surface area contributed by atoms with Crippen molar-refractivity contribution in [3.8, 4) is 5.75 Å². The highest BCUT2D eigenvalue weighted by Gasteiger charge is 2.25. The van der Waals surface area contributed by atoms with Crippen molar-refractivity contribution < 1.29 is 9.53 Å². The van der Waals surface area contributed by atoms with Crippen LogP contribution in [0.5, 0.6) is 5.75 Å². The molecule has 1 aromatic carbocycles. The molecule has 2 aromatic rings. The lowest BCUT2D eigenvalue weighted by molar-refractivity contribution is -0.116. The van der Waals surface area contributed by atoms with Gasteiger partial charge in [-0.05, 0) is 36.6 Å². The van der Waals surface area contributed by atoms with Gasteiger partial charge in [0, 0.05) is 11.4 Å². The maximum Gasteiger partial charge on any atom is 0.238 e. The van der Waals surface area contributed by atoms with Crippen LogP contribution in [0.15, 0.2) is 32.9 Å². The first-order valence-corrected chi connectivity index (χ1v) is 11.3. The van der Waals surface area contributed by atoms with Crippen LogP contribution in [0.2, 0.25) is 0 Å². The van der Waals surface area contributed by atoms with Gasteiger partial charge in [-0.15, -0.1) is 10.2 Å². The van der Waals surface area contributed by atoms with E-state index in [1.165, 1.54) is 24.6 Å². The third kappa shape index (κ3) is 6.48. The number of benzene rings is 1. The van der Waals surface area contributed by atoms with Gasteiger partial charge in [0.05, 0.1) is 12.4 Å². The van der Waals surface area contributed by atoms with Gasteiger partial charge < -0.3 is 10.1 Å². The van der Waals surface area contributed by atoms with Crippen molar-refractivity contribution in [3.05, 3.63) is 24.3 Å². The molecule has 2 rings (SSSR count). The third-order valence-corrected chi connectivity index (χ3v) is 7.33. The Balaban J connectivity index is 1.97. The van der Waals surface area contributed by atoms with E-state index in [2.05, 4.69) is 22.4 Å². The van der Waals surface area contributed by atoms with Gasteiger partial charge in [-0.2, -0.15) is 0 Å². The van der Waals surface area contributed by atoms with Gasteiger partial charge in [-0.25, -0.2) is 0 Å². The van der Waals surface area contributed by atoms with Crippen LogP contribution in [0, 0.1) is 5.92 Å². The molecule has 1 atom stereocenters. The maximum atomic E-state index is 12.7. The first kappa shape index (κ1) is 21.1. The Morgan fingerprint density at radius 1 is 1.23 bits per heavy atom. The molecule has 0 radical (unpaired) electrons. The minimum absolute atomic E-state index is 0.0226. The summed E-state index contributed by atoms with van der Waals surface area (Å²) in [7, 11) is 1.62. The Hall–Kier alpha value is -1.25. The summed E-state index contributed by atoms with van der Waals surface area (Å²) in [5.74, 6) is 1.98. The first-order valence-electron chi connectivity index (χ1n) is 8.61. The number of rotatable bonds is 10. The van der Waals surface area contributed by atoms with Gasteiger partial charge >= 0.3 is 0 Å². The van der Waals surface area contributed by atoms with Crippen molar-refractivity contribution in [2.24, 2.45) is 5.92 Å². The van der Waals surface area contributed by atoms with E-state index in [1.807, 2.05) is 38.1 Å². The fourth-order valence-electron chi connectivity index (χ4n) is 2.10. The number of hydrogen-bond acceptors (Lipinski definition) is 7. The Bertz CT molecular complexity index is 689. The van der Waals surface area contributed by atoms with Crippen LogP contribution >= 0.6 is 34.9 Å². The molecule has 0 saturated heterocycles. The summed E-state index contributed by atoms with van der Waals surface area (Å²) in [5, 5.41) is 11.2. The summed E-state index contributed by atoms with van der Waals surface area (Å²) in [6.45, 7) is 6.27. The summed E-state index contributed by atoms with van der Waals surface area (Å²) in [6, 6.07) is 7.34. The highest BCUT2D eigenvalue weighted by molar-refractivity contribution is 8.04. The number of unbranched alkanes of at least 4 members (excludes halogenated alkanes) is 1. The molecule has 0 aliphatic rings. The average Bonchev–Trinajstić information content (AvgIpc) is 3.08. The highest BCUT2D eigenvalue weighted by Crippen LogP contribution is 2.34. The van der Waals surface area contributed by atoms with Crippen molar-refractivity contribution in [1.29, 1.82) is 0 Å². The molecular weight excluding hydrogens is 386 g/mol. The summed E-state index contributed by atoms with van der Waals surface area (Å²) >= 11 is 4.79. The minimum Gasteiger partial charge on any atom is -0.497 e. The lowest BCUT2D eigenvalue weighted by Gasteiger charge is -2.18.